The molecule has 0 amide bonds. The highest BCUT2D eigenvalue weighted by Crippen LogP contribution is 2.50. The van der Waals surface area contributed by atoms with Crippen molar-refractivity contribution in [1.82, 2.24) is 5.32 Å². The van der Waals surface area contributed by atoms with E-state index in [0.29, 0.717) is 0 Å². The van der Waals surface area contributed by atoms with Gasteiger partial charge in [-0.25, -0.2) is 9.98 Å². The largest absolute Gasteiger partial charge is 0.456 e. The lowest BCUT2D eigenvalue weighted by molar-refractivity contribution is 0.667. The molecule has 0 radical (unpaired) electrons. The summed E-state index contributed by atoms with van der Waals surface area (Å²) in [4.78, 5) is 11.3. The summed E-state index contributed by atoms with van der Waals surface area (Å²) in [7, 11) is 0. The molecular formula is C60H39N3OS. The quantitative estimate of drug-likeness (QED) is 0.192. The molecule has 0 bridgehead atoms. The highest BCUT2D eigenvalue weighted by molar-refractivity contribution is 7.25. The molecule has 2 aliphatic rings. The molecule has 1 N–H and O–H groups in total. The fourth-order valence-electron chi connectivity index (χ4n) is 11.1. The molecule has 10 aromatic carbocycles. The minimum absolute atomic E-state index is 0.0154. The van der Waals surface area contributed by atoms with Crippen LogP contribution >= 0.6 is 11.3 Å². The van der Waals surface area contributed by atoms with Crippen LogP contribution in [0, 0.1) is 0 Å². The van der Waals surface area contributed by atoms with Crippen molar-refractivity contribution in [3.05, 3.63) is 228 Å². The molecular weight excluding hydrogens is 811 g/mol. The van der Waals surface area contributed by atoms with Gasteiger partial charge in [0.25, 0.3) is 0 Å². The first-order chi connectivity index (χ1) is 32.2. The molecule has 12 aromatic rings. The number of aryl methyl sites for hydroxylation is 1. The van der Waals surface area contributed by atoms with Gasteiger partial charge in [-0.2, -0.15) is 0 Å². The van der Waals surface area contributed by atoms with Crippen molar-refractivity contribution in [1.29, 1.82) is 0 Å². The van der Waals surface area contributed by atoms with Gasteiger partial charge in [-0.1, -0.05) is 158 Å². The molecule has 5 heteroatoms. The van der Waals surface area contributed by atoms with Crippen LogP contribution in [-0.2, 0) is 6.42 Å². The van der Waals surface area contributed by atoms with Crippen molar-refractivity contribution in [2.45, 2.75) is 24.9 Å². The van der Waals surface area contributed by atoms with E-state index >= 15 is 0 Å². The summed E-state index contributed by atoms with van der Waals surface area (Å²) >= 11 is 1.83. The third-order valence-electron chi connectivity index (χ3n) is 14.0. The Morgan fingerprint density at radius 1 is 0.446 bits per heavy atom. The van der Waals surface area contributed by atoms with E-state index in [4.69, 9.17) is 14.4 Å². The molecule has 1 aliphatic heterocycles. The first kappa shape index (κ1) is 36.6. The molecule has 3 heterocycles. The van der Waals surface area contributed by atoms with Crippen molar-refractivity contribution in [3.8, 4) is 11.1 Å². The first-order valence-electron chi connectivity index (χ1n) is 22.5. The lowest BCUT2D eigenvalue weighted by atomic mass is 9.79. The second-order valence-corrected chi connectivity index (χ2v) is 18.6. The van der Waals surface area contributed by atoms with Crippen molar-refractivity contribution in [3.63, 3.8) is 0 Å². The Kier molecular flexibility index (Phi) is 8.07. The van der Waals surface area contributed by atoms with E-state index in [-0.39, 0.29) is 5.92 Å². The van der Waals surface area contributed by atoms with Gasteiger partial charge >= 0.3 is 0 Å². The van der Waals surface area contributed by atoms with Crippen LogP contribution in [0.25, 0.3) is 85.6 Å². The SMILES string of the molecule is c1ccc2cc3c(cc2c1)CCC(c1c(C2=NC(c4cccc5ccccc45)N=C(c4cccc5sc6ccccc6c45)N2)ccc2oc4ccccc4c12)c1c-3ccc2ccccc12. The number of hydrogen-bond acceptors (Lipinski definition) is 5. The average Bonchev–Trinajstić information content (AvgIpc) is 3.90. The highest BCUT2D eigenvalue weighted by Gasteiger charge is 2.33. The molecule has 0 saturated heterocycles. The number of aliphatic imine (C=N–C) groups is 2. The Hall–Kier alpha value is -7.86. The van der Waals surface area contributed by atoms with E-state index in [1.54, 1.807) is 0 Å². The van der Waals surface area contributed by atoms with Gasteiger partial charge < -0.3 is 9.73 Å². The smallest absolute Gasteiger partial charge is 0.170 e. The minimum atomic E-state index is -0.504. The molecule has 0 fully saturated rings. The maximum absolute atomic E-state index is 6.77. The van der Waals surface area contributed by atoms with Crippen LogP contribution < -0.4 is 5.32 Å². The Morgan fingerprint density at radius 2 is 1.09 bits per heavy atom. The maximum Gasteiger partial charge on any atom is 0.170 e. The summed E-state index contributed by atoms with van der Waals surface area (Å²) < 4.78 is 9.27. The molecule has 0 saturated carbocycles. The van der Waals surface area contributed by atoms with E-state index in [9.17, 15) is 0 Å². The molecule has 0 spiro atoms. The summed E-state index contributed by atoms with van der Waals surface area (Å²) in [6.45, 7) is 0. The molecule has 65 heavy (non-hydrogen) atoms. The number of furan rings is 1. The van der Waals surface area contributed by atoms with Crippen molar-refractivity contribution in [2.75, 3.05) is 0 Å². The summed E-state index contributed by atoms with van der Waals surface area (Å²) in [5.74, 6) is 1.61. The predicted octanol–water partition coefficient (Wildman–Crippen LogP) is 15.7. The van der Waals surface area contributed by atoms with Gasteiger partial charge in [-0.3, -0.25) is 0 Å². The zero-order chi connectivity index (χ0) is 42.6. The Morgan fingerprint density at radius 3 is 1.95 bits per heavy atom. The third kappa shape index (κ3) is 5.68. The number of amidine groups is 2. The average molecular weight is 850 g/mol. The number of benzene rings is 10. The summed E-state index contributed by atoms with van der Waals surface area (Å²) in [6, 6.07) is 70.7. The van der Waals surface area contributed by atoms with Gasteiger partial charge in [0.2, 0.25) is 0 Å². The van der Waals surface area contributed by atoms with Gasteiger partial charge in [-0.05, 0) is 109 Å². The number of nitrogens with zero attached hydrogens (tertiary/aromatic N) is 2. The summed E-state index contributed by atoms with van der Waals surface area (Å²) in [6.07, 6.45) is 1.31. The van der Waals surface area contributed by atoms with Crippen LogP contribution in [0.1, 0.15) is 51.9 Å². The van der Waals surface area contributed by atoms with Crippen molar-refractivity contribution >= 4 is 97.4 Å². The van der Waals surface area contributed by atoms with Gasteiger partial charge in [0.05, 0.1) is 0 Å². The van der Waals surface area contributed by atoms with Crippen LogP contribution in [-0.4, -0.2) is 11.7 Å². The highest BCUT2D eigenvalue weighted by atomic mass is 32.1. The second kappa shape index (κ2) is 14.3. The summed E-state index contributed by atoms with van der Waals surface area (Å²) in [5.41, 5.74) is 11.5. The van der Waals surface area contributed by atoms with E-state index in [2.05, 4.69) is 199 Å². The van der Waals surface area contributed by atoms with Crippen LogP contribution in [0.3, 0.4) is 0 Å². The molecule has 14 rings (SSSR count). The zero-order valence-electron chi connectivity index (χ0n) is 35.3. The zero-order valence-corrected chi connectivity index (χ0v) is 36.1. The van der Waals surface area contributed by atoms with Gasteiger partial charge in [0.15, 0.2) is 6.17 Å². The Balaban J connectivity index is 1.06. The Bertz CT molecular complexity index is 4020. The number of rotatable bonds is 4. The van der Waals surface area contributed by atoms with E-state index in [1.807, 2.05) is 11.3 Å². The van der Waals surface area contributed by atoms with Crippen LogP contribution in [0.15, 0.2) is 209 Å². The first-order valence-corrected chi connectivity index (χ1v) is 23.3. The number of para-hydroxylation sites is 1. The normalized spacial score (nSPS) is 16.2. The maximum atomic E-state index is 6.77. The van der Waals surface area contributed by atoms with Crippen LogP contribution in [0.4, 0.5) is 0 Å². The third-order valence-corrected chi connectivity index (χ3v) is 15.1. The predicted molar refractivity (Wildman–Crippen MR) is 273 cm³/mol. The molecule has 2 aromatic heterocycles. The van der Waals surface area contributed by atoms with Gasteiger partial charge in [0.1, 0.15) is 22.8 Å². The van der Waals surface area contributed by atoms with E-state index in [1.165, 1.54) is 74.9 Å². The van der Waals surface area contributed by atoms with Crippen LogP contribution in [0.2, 0.25) is 0 Å². The standard InChI is InChI=1S/C60H39N3OS/c1-2-16-38-34-49-39(33-37(38)15-1)28-30-46(54-41-19-6-4-14-36(41)27-29-42(49)54)56-48(31-32-51-57(56)44-20-7-9-24-50(44)64-51)60-62-58(43-22-11-17-35-13-3-5-18-40(35)43)61-59(63-60)47-23-12-26-53-55(47)45-21-8-10-25-52(45)65-53/h1-27,29,31-34,46,58H,28,30H2,(H,61,62,63). The molecule has 2 unspecified atom stereocenters. The molecule has 1 aliphatic carbocycles. The fourth-order valence-corrected chi connectivity index (χ4v) is 12.2. The lowest BCUT2D eigenvalue weighted by Crippen LogP contribution is -2.37. The van der Waals surface area contributed by atoms with Crippen molar-refractivity contribution in [2.24, 2.45) is 9.98 Å². The minimum Gasteiger partial charge on any atom is -0.456 e. The fraction of sp³-hybridized carbons (Fsp3) is 0.0667. The van der Waals surface area contributed by atoms with Crippen LogP contribution in [0.5, 0.6) is 0 Å². The second-order valence-electron chi connectivity index (χ2n) is 17.5. The van der Waals surface area contributed by atoms with Crippen molar-refractivity contribution < 1.29 is 4.42 Å². The summed E-state index contributed by atoms with van der Waals surface area (Å²) in [5, 5.41) is 16.0. The Labute approximate surface area is 378 Å². The molecule has 4 nitrogen and oxygen atoms in total. The number of thiophene rings is 1. The van der Waals surface area contributed by atoms with E-state index < -0.39 is 6.17 Å². The molecule has 2 atom stereocenters. The number of fused-ring (bicyclic) bond motifs is 13. The number of hydrogen-bond donors (Lipinski definition) is 1. The van der Waals surface area contributed by atoms with E-state index in [0.717, 1.165) is 68.5 Å². The lowest BCUT2D eigenvalue weighted by Gasteiger charge is -2.28. The molecule has 306 valence electrons. The monoisotopic (exact) mass is 849 g/mol. The van der Waals surface area contributed by atoms with Gasteiger partial charge in [0, 0.05) is 53.6 Å². The van der Waals surface area contributed by atoms with Gasteiger partial charge in [-0.15, -0.1) is 11.3 Å². The topological polar surface area (TPSA) is 49.9 Å². The number of nitrogens with one attached hydrogen (secondary N) is 1.